The number of nitrogens with one attached hydrogen (secondary N) is 2. The van der Waals surface area contributed by atoms with Crippen molar-refractivity contribution in [3.05, 3.63) is 53.3 Å². The molecule has 8 heteroatoms. The Morgan fingerprint density at radius 1 is 1.32 bits per heavy atom. The van der Waals surface area contributed by atoms with Crippen molar-refractivity contribution >= 4 is 5.91 Å². The van der Waals surface area contributed by atoms with Crippen LogP contribution in [0.2, 0.25) is 0 Å². The van der Waals surface area contributed by atoms with Crippen LogP contribution in [0.5, 0.6) is 0 Å². The molecule has 2 aliphatic rings. The number of benzene rings is 1. The number of amides is 1. The first-order valence-electron chi connectivity index (χ1n) is 9.47. The average Bonchev–Trinajstić information content (AvgIpc) is 3.26. The van der Waals surface area contributed by atoms with Gasteiger partial charge in [0.1, 0.15) is 0 Å². The monoisotopic (exact) mass is 392 g/mol. The number of aromatic nitrogens is 2. The third-order valence-electron chi connectivity index (χ3n) is 6.02. The number of nitrogens with zero attached hydrogens (tertiary/aromatic N) is 2. The molecule has 1 aliphatic carbocycles. The molecule has 1 aliphatic heterocycles. The van der Waals surface area contributed by atoms with E-state index < -0.39 is 17.3 Å². The first-order chi connectivity index (χ1) is 13.3. The fourth-order valence-electron chi connectivity index (χ4n) is 4.27. The van der Waals surface area contributed by atoms with E-state index in [1.165, 1.54) is 12.1 Å². The Balaban J connectivity index is 1.56. The largest absolute Gasteiger partial charge is 0.416 e. The highest BCUT2D eigenvalue weighted by molar-refractivity contribution is 5.81. The molecule has 1 amide bonds. The molecule has 150 valence electrons. The zero-order chi connectivity index (χ0) is 19.9. The quantitative estimate of drug-likeness (QED) is 0.841. The summed E-state index contributed by atoms with van der Waals surface area (Å²) in [7, 11) is 1.83. The van der Waals surface area contributed by atoms with Crippen LogP contribution in [0.25, 0.3) is 0 Å². The van der Waals surface area contributed by atoms with Crippen molar-refractivity contribution in [3.8, 4) is 0 Å². The lowest BCUT2D eigenvalue weighted by molar-refractivity contribution is -0.137. The summed E-state index contributed by atoms with van der Waals surface area (Å²) in [6, 6.07) is 5.34. The number of carbonyl (C=O) groups is 1. The Hall–Kier alpha value is -2.35. The molecule has 0 unspecified atom stereocenters. The van der Waals surface area contributed by atoms with Crippen LogP contribution in [0.15, 0.2) is 36.7 Å². The van der Waals surface area contributed by atoms with Gasteiger partial charge in [0.25, 0.3) is 0 Å². The van der Waals surface area contributed by atoms with Gasteiger partial charge in [0, 0.05) is 32.3 Å². The van der Waals surface area contributed by atoms with E-state index in [0.29, 0.717) is 31.5 Å². The van der Waals surface area contributed by atoms with E-state index >= 15 is 0 Å². The maximum Gasteiger partial charge on any atom is 0.416 e. The van der Waals surface area contributed by atoms with Crippen LogP contribution in [0.3, 0.4) is 0 Å². The van der Waals surface area contributed by atoms with Crippen molar-refractivity contribution in [3.63, 3.8) is 0 Å². The molecule has 0 bridgehead atoms. The molecule has 1 saturated heterocycles. The number of rotatable bonds is 4. The van der Waals surface area contributed by atoms with Crippen LogP contribution in [0, 0.1) is 5.92 Å². The van der Waals surface area contributed by atoms with E-state index in [9.17, 15) is 18.0 Å². The predicted molar refractivity (Wildman–Crippen MR) is 97.4 cm³/mol. The topological polar surface area (TPSA) is 59.0 Å². The summed E-state index contributed by atoms with van der Waals surface area (Å²) in [4.78, 5) is 13.1. The number of aryl methyl sites for hydroxylation is 1. The summed E-state index contributed by atoms with van der Waals surface area (Å²) < 4.78 is 41.1. The van der Waals surface area contributed by atoms with E-state index in [-0.39, 0.29) is 17.7 Å². The summed E-state index contributed by atoms with van der Waals surface area (Å²) in [6.45, 7) is 1.23. The summed E-state index contributed by atoms with van der Waals surface area (Å²) in [6.07, 6.45) is 1.46. The van der Waals surface area contributed by atoms with E-state index in [1.807, 2.05) is 13.2 Å². The van der Waals surface area contributed by atoms with E-state index in [4.69, 9.17) is 0 Å². The molecule has 1 aromatic heterocycles. The molecule has 28 heavy (non-hydrogen) atoms. The molecular weight excluding hydrogens is 369 g/mol. The number of halogens is 3. The highest BCUT2D eigenvalue weighted by Gasteiger charge is 2.44. The molecule has 2 atom stereocenters. The minimum Gasteiger partial charge on any atom is -0.346 e. The molecule has 1 saturated carbocycles. The molecule has 1 aromatic carbocycles. The van der Waals surface area contributed by atoms with Gasteiger partial charge in [0.2, 0.25) is 5.91 Å². The fraction of sp³-hybridized carbons (Fsp3) is 0.500. The summed E-state index contributed by atoms with van der Waals surface area (Å²) >= 11 is 0. The molecule has 0 radical (unpaired) electrons. The van der Waals surface area contributed by atoms with Crippen LogP contribution in [-0.2, 0) is 23.6 Å². The Kier molecular flexibility index (Phi) is 4.69. The minimum absolute atomic E-state index is 0.00679. The van der Waals surface area contributed by atoms with Gasteiger partial charge >= 0.3 is 6.18 Å². The highest BCUT2D eigenvalue weighted by atomic mass is 19.4. The normalized spacial score (nSPS) is 24.0. The van der Waals surface area contributed by atoms with Gasteiger partial charge in [0.05, 0.1) is 23.2 Å². The summed E-state index contributed by atoms with van der Waals surface area (Å²) in [5.74, 6) is -0.379. The van der Waals surface area contributed by atoms with Gasteiger partial charge in [-0.25, -0.2) is 0 Å². The second kappa shape index (κ2) is 6.92. The van der Waals surface area contributed by atoms with Gasteiger partial charge in [-0.3, -0.25) is 9.48 Å². The van der Waals surface area contributed by atoms with Crippen LogP contribution < -0.4 is 10.6 Å². The highest BCUT2D eigenvalue weighted by Crippen LogP contribution is 2.43. The van der Waals surface area contributed by atoms with E-state index in [1.54, 1.807) is 16.9 Å². The minimum atomic E-state index is -4.40. The first-order valence-corrected chi connectivity index (χ1v) is 9.47. The van der Waals surface area contributed by atoms with E-state index in [0.717, 1.165) is 18.1 Å². The second-order valence-corrected chi connectivity index (χ2v) is 7.82. The molecule has 2 heterocycles. The summed E-state index contributed by atoms with van der Waals surface area (Å²) in [5, 5.41) is 10.5. The van der Waals surface area contributed by atoms with Crippen LogP contribution in [-0.4, -0.2) is 28.8 Å². The van der Waals surface area contributed by atoms with Gasteiger partial charge in [0.15, 0.2) is 0 Å². The zero-order valence-corrected chi connectivity index (χ0v) is 15.6. The maximum atomic E-state index is 13.1. The summed E-state index contributed by atoms with van der Waals surface area (Å²) in [5.41, 5.74) is 0.141. The fourth-order valence-corrected chi connectivity index (χ4v) is 4.27. The standard InChI is InChI=1S/C20H23F3N4O/c1-27-12-13(9-25-27)16-10-24-11-17(16)18(28)26-19(6-3-7-19)14-4-2-5-15(8-14)20(21,22)23/h2,4-5,8-9,12,16-17,24H,3,6-7,10-11H2,1H3,(H,26,28)/t16-,17+/m1/s1. The Labute approximate surface area is 161 Å². The number of hydrogen-bond donors (Lipinski definition) is 2. The van der Waals surface area contributed by atoms with Crippen molar-refractivity contribution in [2.75, 3.05) is 13.1 Å². The Morgan fingerprint density at radius 2 is 2.11 bits per heavy atom. The van der Waals surface area contributed by atoms with Crippen molar-refractivity contribution in [1.29, 1.82) is 0 Å². The molecule has 0 spiro atoms. The van der Waals surface area contributed by atoms with E-state index in [2.05, 4.69) is 15.7 Å². The first kappa shape index (κ1) is 19.0. The SMILES string of the molecule is Cn1cc([C@H]2CNC[C@@H]2C(=O)NC2(c3cccc(C(F)(F)F)c3)CCC2)cn1. The third kappa shape index (κ3) is 3.41. The molecule has 4 rings (SSSR count). The molecular formula is C20H23F3N4O. The van der Waals surface area contributed by atoms with Crippen LogP contribution in [0.1, 0.15) is 41.9 Å². The molecule has 2 N–H and O–H groups in total. The number of hydrogen-bond acceptors (Lipinski definition) is 3. The van der Waals surface area contributed by atoms with Crippen LogP contribution in [0.4, 0.5) is 13.2 Å². The lowest BCUT2D eigenvalue weighted by Crippen LogP contribution is -2.53. The Bertz CT molecular complexity index is 872. The van der Waals surface area contributed by atoms with Gasteiger partial charge in [-0.05, 0) is 42.5 Å². The number of carbonyl (C=O) groups excluding carboxylic acids is 1. The van der Waals surface area contributed by atoms with Crippen molar-refractivity contribution < 1.29 is 18.0 Å². The lowest BCUT2D eigenvalue weighted by atomic mass is 9.71. The van der Waals surface area contributed by atoms with Gasteiger partial charge < -0.3 is 10.6 Å². The van der Waals surface area contributed by atoms with Crippen molar-refractivity contribution in [2.24, 2.45) is 13.0 Å². The second-order valence-electron chi connectivity index (χ2n) is 7.82. The lowest BCUT2D eigenvalue weighted by Gasteiger charge is -2.44. The Morgan fingerprint density at radius 3 is 2.71 bits per heavy atom. The maximum absolute atomic E-state index is 13.1. The zero-order valence-electron chi connectivity index (χ0n) is 15.6. The van der Waals surface area contributed by atoms with Gasteiger partial charge in [-0.15, -0.1) is 0 Å². The number of alkyl halides is 3. The average molecular weight is 392 g/mol. The van der Waals surface area contributed by atoms with Crippen molar-refractivity contribution in [2.45, 2.75) is 36.9 Å². The molecule has 5 nitrogen and oxygen atoms in total. The van der Waals surface area contributed by atoms with Crippen LogP contribution >= 0.6 is 0 Å². The van der Waals surface area contributed by atoms with Crippen molar-refractivity contribution in [1.82, 2.24) is 20.4 Å². The molecule has 2 fully saturated rings. The third-order valence-corrected chi connectivity index (χ3v) is 6.02. The smallest absolute Gasteiger partial charge is 0.346 e. The predicted octanol–water partition coefficient (Wildman–Crippen LogP) is 2.94. The van der Waals surface area contributed by atoms with Gasteiger partial charge in [-0.2, -0.15) is 18.3 Å². The van der Waals surface area contributed by atoms with Gasteiger partial charge in [-0.1, -0.05) is 12.1 Å². The molecule has 2 aromatic rings.